The maximum Gasteiger partial charge on any atom is 0.354 e. The number of primary amides is 1. The van der Waals surface area contributed by atoms with E-state index in [1.165, 1.54) is 73.4 Å². The molecular weight excluding hydrogens is 1210 g/mol. The van der Waals surface area contributed by atoms with E-state index < -0.39 is 17.9 Å². The van der Waals surface area contributed by atoms with Crippen LogP contribution in [0.25, 0.3) is 49.8 Å². The number of halogens is 3. The molecule has 3 atom stereocenters. The number of pyridine rings is 6. The number of aromatic carboxylic acids is 1. The Balaban J connectivity index is 0.000000164. The Kier molecular flexibility index (Phi) is 21.3. The SMILES string of the molecule is CC[C@H](NC(=O)c1cncc2c1cnn2-c1ccc(F)cc1)c1ccnc(C#N)c1.CC[C@H](NC(=O)c1cncc2c1cnn2-c1ccc(F)cc1)c1ccnc(C(=O)O)c1.CC[C@H](NC(=O)c1cncc2c1cnn2-c1ccc(F)cc1)c1ccnc(C(N)=O)c1.CO. The Hall–Kier alpha value is -12.4. The summed E-state index contributed by atoms with van der Waals surface area (Å²) >= 11 is 0. The first-order valence-electron chi connectivity index (χ1n) is 29.0. The van der Waals surface area contributed by atoms with Crippen LogP contribution in [-0.4, -0.2) is 106 Å². The molecule has 24 nitrogen and oxygen atoms in total. The summed E-state index contributed by atoms with van der Waals surface area (Å²) in [6.45, 7) is 5.75. The molecule has 474 valence electrons. The molecule has 4 amide bonds. The number of carboxylic acids is 1. The van der Waals surface area contributed by atoms with Crippen molar-refractivity contribution in [2.24, 2.45) is 5.73 Å². The average molecular weight is 1270 g/mol. The van der Waals surface area contributed by atoms with E-state index in [2.05, 4.69) is 61.2 Å². The van der Waals surface area contributed by atoms with Gasteiger partial charge in [0.1, 0.15) is 40.6 Å². The Morgan fingerprint density at radius 3 is 1.12 bits per heavy atom. The number of hydrogen-bond donors (Lipinski definition) is 6. The molecule has 9 aromatic heterocycles. The monoisotopic (exact) mass is 1270 g/mol. The number of aliphatic hydroxyl groups excluding tert-OH is 1. The number of amides is 4. The fourth-order valence-corrected chi connectivity index (χ4v) is 10.0. The molecule has 0 aliphatic rings. The largest absolute Gasteiger partial charge is 0.477 e. The van der Waals surface area contributed by atoms with E-state index in [1.807, 2.05) is 26.8 Å². The lowest BCUT2D eigenvalue weighted by molar-refractivity contribution is 0.0689. The number of carbonyl (C=O) groups excluding carboxylic acids is 4. The summed E-state index contributed by atoms with van der Waals surface area (Å²) in [6.07, 6.45) is 20.2. The average Bonchev–Trinajstić information content (AvgIpc) is 1.64. The number of nitrogens with two attached hydrogens (primary N) is 1. The number of hydrogen-bond acceptors (Lipinski definition) is 16. The molecule has 12 aromatic rings. The van der Waals surface area contributed by atoms with Crippen LogP contribution in [0.1, 0.15) is 133 Å². The predicted octanol–water partition coefficient (Wildman–Crippen LogP) is 9.78. The minimum atomic E-state index is -1.13. The third kappa shape index (κ3) is 15.1. The molecule has 0 fully saturated rings. The molecule has 0 aliphatic heterocycles. The van der Waals surface area contributed by atoms with Crippen molar-refractivity contribution in [1.29, 1.82) is 5.26 Å². The number of benzene rings is 3. The van der Waals surface area contributed by atoms with E-state index in [1.54, 1.807) is 124 Å². The van der Waals surface area contributed by atoms with Crippen molar-refractivity contribution in [3.63, 3.8) is 0 Å². The van der Waals surface area contributed by atoms with Crippen LogP contribution in [-0.2, 0) is 0 Å². The molecule has 0 bridgehead atoms. The number of nitrogens with one attached hydrogen (secondary N) is 3. The Bertz CT molecular complexity index is 4550. The minimum absolute atomic E-state index is 0.0884. The molecule has 0 radical (unpaired) electrons. The van der Waals surface area contributed by atoms with Crippen LogP contribution < -0.4 is 21.7 Å². The van der Waals surface area contributed by atoms with Gasteiger partial charge in [0, 0.05) is 60.4 Å². The van der Waals surface area contributed by atoms with Crippen LogP contribution in [0.4, 0.5) is 13.2 Å². The van der Waals surface area contributed by atoms with Gasteiger partial charge in [0.05, 0.1) is 106 Å². The quantitative estimate of drug-likeness (QED) is 0.0494. The third-order valence-corrected chi connectivity index (χ3v) is 14.7. The van der Waals surface area contributed by atoms with Crippen LogP contribution in [0, 0.1) is 28.8 Å². The third-order valence-electron chi connectivity index (χ3n) is 14.7. The predicted molar refractivity (Wildman–Crippen MR) is 339 cm³/mol. The van der Waals surface area contributed by atoms with Gasteiger partial charge in [-0.1, -0.05) is 20.8 Å². The highest BCUT2D eigenvalue weighted by molar-refractivity contribution is 6.08. The first-order valence-corrected chi connectivity index (χ1v) is 29.0. The summed E-state index contributed by atoms with van der Waals surface area (Å²) in [5.41, 5.74) is 12.7. The van der Waals surface area contributed by atoms with Crippen molar-refractivity contribution in [2.45, 2.75) is 58.2 Å². The van der Waals surface area contributed by atoms with Gasteiger partial charge in [0.2, 0.25) is 0 Å². The van der Waals surface area contributed by atoms with Gasteiger partial charge >= 0.3 is 5.97 Å². The summed E-state index contributed by atoms with van der Waals surface area (Å²) in [6, 6.07) is 28.5. The van der Waals surface area contributed by atoms with Crippen molar-refractivity contribution in [3.05, 3.63) is 251 Å². The summed E-state index contributed by atoms with van der Waals surface area (Å²) in [5, 5.41) is 49.0. The van der Waals surface area contributed by atoms with E-state index >= 15 is 0 Å². The van der Waals surface area contributed by atoms with Crippen LogP contribution >= 0.6 is 0 Å². The number of carbonyl (C=O) groups is 5. The summed E-state index contributed by atoms with van der Waals surface area (Å²) in [4.78, 5) is 86.0. The number of aliphatic hydroxyl groups is 1. The molecule has 94 heavy (non-hydrogen) atoms. The van der Waals surface area contributed by atoms with E-state index in [4.69, 9.17) is 21.2 Å². The Morgan fingerprint density at radius 2 is 0.798 bits per heavy atom. The summed E-state index contributed by atoms with van der Waals surface area (Å²) < 4.78 is 44.5. The molecule has 3 aromatic carbocycles. The number of nitriles is 1. The van der Waals surface area contributed by atoms with Gasteiger partial charge in [-0.15, -0.1) is 0 Å². The first kappa shape index (κ1) is 66.0. The van der Waals surface area contributed by atoms with E-state index in [0.717, 1.165) is 18.2 Å². The maximum absolute atomic E-state index is 13.3. The van der Waals surface area contributed by atoms with E-state index in [9.17, 15) is 37.1 Å². The molecule has 0 saturated heterocycles. The van der Waals surface area contributed by atoms with Crippen molar-refractivity contribution < 1.29 is 47.4 Å². The zero-order valence-corrected chi connectivity index (χ0v) is 50.6. The fraction of sp³-hybridized carbons (Fsp3) is 0.149. The zero-order valence-electron chi connectivity index (χ0n) is 50.6. The normalized spacial score (nSPS) is 11.7. The number of nitrogens with zero attached hydrogens (tertiary/aromatic N) is 13. The second kappa shape index (κ2) is 30.4. The summed E-state index contributed by atoms with van der Waals surface area (Å²) in [5.74, 6) is -3.80. The van der Waals surface area contributed by atoms with Crippen molar-refractivity contribution in [1.82, 2.24) is 75.2 Å². The van der Waals surface area contributed by atoms with Gasteiger partial charge in [0.15, 0.2) is 0 Å². The number of carboxylic acid groups (broad SMARTS) is 1. The minimum Gasteiger partial charge on any atom is -0.477 e. The molecule has 7 N–H and O–H groups in total. The fourth-order valence-electron chi connectivity index (χ4n) is 10.0. The highest BCUT2D eigenvalue weighted by Gasteiger charge is 2.24. The smallest absolute Gasteiger partial charge is 0.354 e. The van der Waals surface area contributed by atoms with Gasteiger partial charge in [-0.25, -0.2) is 42.0 Å². The van der Waals surface area contributed by atoms with Gasteiger partial charge in [-0.3, -0.25) is 39.1 Å². The molecule has 0 aliphatic carbocycles. The van der Waals surface area contributed by atoms with Crippen LogP contribution in [0.3, 0.4) is 0 Å². The summed E-state index contributed by atoms with van der Waals surface area (Å²) in [7, 11) is 1.00. The van der Waals surface area contributed by atoms with Crippen molar-refractivity contribution in [2.75, 3.05) is 7.11 Å². The first-order chi connectivity index (χ1) is 45.5. The number of aromatic nitrogens is 12. The molecule has 27 heteroatoms. The van der Waals surface area contributed by atoms with Crippen LogP contribution in [0.5, 0.6) is 0 Å². The van der Waals surface area contributed by atoms with Crippen LogP contribution in [0.2, 0.25) is 0 Å². The molecule has 0 unspecified atom stereocenters. The number of fused-ring (bicyclic) bond motifs is 3. The highest BCUT2D eigenvalue weighted by Crippen LogP contribution is 2.28. The van der Waals surface area contributed by atoms with E-state index in [-0.39, 0.29) is 58.6 Å². The van der Waals surface area contributed by atoms with E-state index in [0.29, 0.717) is 97.0 Å². The molecule has 0 saturated carbocycles. The molecule has 0 spiro atoms. The molecule has 9 heterocycles. The van der Waals surface area contributed by atoms with Crippen LogP contribution in [0.15, 0.2) is 184 Å². The standard InChI is InChI=1S/C22H19FN6O2.C22H17FN6O.C22H18FN5O3.CH4O/c1-2-18(13-7-8-26-19(9-13)21(24)30)28-22(31)17-10-25-12-20-16(17)11-27-29(20)15-5-3-14(23)4-6-15;1-2-20(14-7-8-26-16(9-14)10-24)28-22(30)19-11-25-13-21-18(19)12-27-29(21)17-5-3-15(23)4-6-17;1-2-18(13-7-8-25-19(9-13)22(30)31)27-21(29)17-10-24-12-20-16(17)11-26-28(20)15-5-3-14(23)4-6-15;1-2/h3-12,18H,2H2,1H3,(H2,24,30)(H,28,31);3-9,11-13,20H,2H2,1H3,(H,28,30);3-12,18H,2H2,1H3,(H,27,29)(H,30,31);2H,1H3/t18-;20-;18-;/m000./s1. The van der Waals surface area contributed by atoms with Gasteiger partial charge in [0.25, 0.3) is 23.6 Å². The lowest BCUT2D eigenvalue weighted by Gasteiger charge is -2.18. The van der Waals surface area contributed by atoms with Gasteiger partial charge < -0.3 is 31.9 Å². The Labute approximate surface area is 533 Å². The maximum atomic E-state index is 13.3. The van der Waals surface area contributed by atoms with Crippen molar-refractivity contribution >= 4 is 62.3 Å². The zero-order chi connectivity index (χ0) is 67.0. The second-order valence-electron chi connectivity index (χ2n) is 20.5. The van der Waals surface area contributed by atoms with Gasteiger partial charge in [-0.2, -0.15) is 20.6 Å². The number of rotatable bonds is 17. The Morgan fingerprint density at radius 1 is 0.479 bits per heavy atom. The van der Waals surface area contributed by atoms with Crippen molar-refractivity contribution in [3.8, 4) is 23.1 Å². The highest BCUT2D eigenvalue weighted by atomic mass is 19.1. The van der Waals surface area contributed by atoms with Gasteiger partial charge in [-0.05, 0) is 145 Å². The topological polar surface area (TPSA) is 343 Å². The lowest BCUT2D eigenvalue weighted by Crippen LogP contribution is -2.28. The molecule has 12 rings (SSSR count). The lowest BCUT2D eigenvalue weighted by atomic mass is 10.0. The molecular formula is C67H58F3N17O7. The second-order valence-corrected chi connectivity index (χ2v) is 20.5.